The van der Waals surface area contributed by atoms with Gasteiger partial charge in [-0.15, -0.1) is 0 Å². The molecule has 1 saturated carbocycles. The number of nitro benzene ring substituents is 1. The summed E-state index contributed by atoms with van der Waals surface area (Å²) in [5, 5.41) is 11.2. The SMILES string of the molecule is CC12CCC(C(=O)NNC(=O)c3ccccc3F)(c3nc4cc([N+](=O)[O-])ccc4nc31)C2(C)C. The molecular formula is C24H22FN5O4. The molecule has 10 heteroatoms. The molecule has 0 radical (unpaired) electrons. The summed E-state index contributed by atoms with van der Waals surface area (Å²) in [6.07, 6.45) is 1.13. The van der Waals surface area contributed by atoms with Crippen molar-refractivity contribution in [2.75, 3.05) is 0 Å². The third kappa shape index (κ3) is 2.65. The molecule has 174 valence electrons. The summed E-state index contributed by atoms with van der Waals surface area (Å²) in [4.78, 5) is 46.4. The molecule has 9 nitrogen and oxygen atoms in total. The van der Waals surface area contributed by atoms with Crippen LogP contribution in [0.2, 0.25) is 0 Å². The van der Waals surface area contributed by atoms with Gasteiger partial charge in [-0.25, -0.2) is 14.4 Å². The predicted octanol–water partition coefficient (Wildman–Crippen LogP) is 3.47. The number of aromatic nitrogens is 2. The van der Waals surface area contributed by atoms with Gasteiger partial charge in [-0.1, -0.05) is 32.9 Å². The van der Waals surface area contributed by atoms with Gasteiger partial charge >= 0.3 is 0 Å². The molecule has 2 aliphatic rings. The summed E-state index contributed by atoms with van der Waals surface area (Å²) in [5.74, 6) is -1.96. The minimum atomic E-state index is -1.13. The first-order chi connectivity index (χ1) is 16.0. The van der Waals surface area contributed by atoms with Crippen molar-refractivity contribution in [3.05, 3.63) is 75.3 Å². The molecule has 2 N–H and O–H groups in total. The normalized spacial score (nSPS) is 24.0. The number of carbonyl (C=O) groups excluding carboxylic acids is 2. The largest absolute Gasteiger partial charge is 0.272 e. The van der Waals surface area contributed by atoms with Gasteiger partial charge in [0.15, 0.2) is 0 Å². The monoisotopic (exact) mass is 463 g/mol. The van der Waals surface area contributed by atoms with Crippen molar-refractivity contribution in [3.8, 4) is 0 Å². The third-order valence-corrected chi connectivity index (χ3v) is 8.03. The fourth-order valence-corrected chi connectivity index (χ4v) is 5.64. The molecule has 2 aliphatic carbocycles. The Morgan fingerprint density at radius 2 is 1.71 bits per heavy atom. The Bertz CT molecular complexity index is 1410. The van der Waals surface area contributed by atoms with Crippen molar-refractivity contribution in [2.24, 2.45) is 5.41 Å². The second-order valence-electron chi connectivity index (χ2n) is 9.60. The van der Waals surface area contributed by atoms with E-state index in [1.165, 1.54) is 30.3 Å². The quantitative estimate of drug-likeness (QED) is 0.452. The molecule has 1 fully saturated rings. The maximum absolute atomic E-state index is 14.0. The average Bonchev–Trinajstić information content (AvgIpc) is 3.10. The maximum Gasteiger partial charge on any atom is 0.272 e. The van der Waals surface area contributed by atoms with Crippen LogP contribution in [0.1, 0.15) is 55.4 Å². The standard InChI is InChI=1S/C24H22FN5O4/c1-22(2)23(3)10-11-24(22,21(32)29-28-20(31)14-6-4-5-7-15(14)25)19-18(23)26-16-9-8-13(30(33)34)12-17(16)27-19/h4-9,12H,10-11H2,1-3H3,(H,28,31)(H,29,32). The molecule has 1 heterocycles. The van der Waals surface area contributed by atoms with Crippen LogP contribution in [0, 0.1) is 21.3 Å². The molecule has 2 atom stereocenters. The van der Waals surface area contributed by atoms with E-state index >= 15 is 0 Å². The van der Waals surface area contributed by atoms with Gasteiger partial charge < -0.3 is 0 Å². The summed E-state index contributed by atoms with van der Waals surface area (Å²) < 4.78 is 14.0. The molecular weight excluding hydrogens is 441 g/mol. The van der Waals surface area contributed by atoms with Crippen molar-refractivity contribution < 1.29 is 18.9 Å². The third-order valence-electron chi connectivity index (χ3n) is 8.03. The average molecular weight is 463 g/mol. The lowest BCUT2D eigenvalue weighted by molar-refractivity contribution is -0.384. The lowest BCUT2D eigenvalue weighted by Gasteiger charge is -2.39. The highest BCUT2D eigenvalue weighted by Gasteiger charge is 2.73. The van der Waals surface area contributed by atoms with Crippen LogP contribution in [0.15, 0.2) is 42.5 Å². The zero-order valence-electron chi connectivity index (χ0n) is 18.8. The smallest absolute Gasteiger partial charge is 0.272 e. The molecule has 0 spiro atoms. The molecule has 2 amide bonds. The van der Waals surface area contributed by atoms with Crippen LogP contribution in [0.3, 0.4) is 0 Å². The number of amides is 2. The van der Waals surface area contributed by atoms with Crippen molar-refractivity contribution in [2.45, 2.75) is 44.4 Å². The number of carbonyl (C=O) groups is 2. The van der Waals surface area contributed by atoms with Gasteiger partial charge in [0.25, 0.3) is 17.5 Å². The highest BCUT2D eigenvalue weighted by atomic mass is 19.1. The minimum Gasteiger partial charge on any atom is -0.272 e. The topological polar surface area (TPSA) is 127 Å². The highest BCUT2D eigenvalue weighted by Crippen LogP contribution is 2.70. The van der Waals surface area contributed by atoms with Crippen molar-refractivity contribution in [1.29, 1.82) is 0 Å². The van der Waals surface area contributed by atoms with Crippen molar-refractivity contribution >= 4 is 28.5 Å². The molecule has 34 heavy (non-hydrogen) atoms. The second-order valence-corrected chi connectivity index (χ2v) is 9.60. The first kappa shape index (κ1) is 21.9. The Morgan fingerprint density at radius 3 is 2.41 bits per heavy atom. The number of rotatable bonds is 3. The summed E-state index contributed by atoms with van der Waals surface area (Å²) in [5.41, 5.74) is 4.22. The molecule has 2 bridgehead atoms. The molecule has 1 aromatic heterocycles. The van der Waals surface area contributed by atoms with E-state index in [0.29, 0.717) is 35.3 Å². The van der Waals surface area contributed by atoms with E-state index in [1.54, 1.807) is 6.07 Å². The number of nitrogens with zero attached hydrogens (tertiary/aromatic N) is 3. The number of benzene rings is 2. The van der Waals surface area contributed by atoms with Crippen molar-refractivity contribution in [3.63, 3.8) is 0 Å². The van der Waals surface area contributed by atoms with Gasteiger partial charge in [0, 0.05) is 17.5 Å². The van der Waals surface area contributed by atoms with Crippen LogP contribution < -0.4 is 10.9 Å². The summed E-state index contributed by atoms with van der Waals surface area (Å²) >= 11 is 0. The Balaban J connectivity index is 1.56. The lowest BCUT2D eigenvalue weighted by Crippen LogP contribution is -2.55. The molecule has 2 unspecified atom stereocenters. The first-order valence-electron chi connectivity index (χ1n) is 10.9. The minimum absolute atomic E-state index is 0.119. The molecule has 0 aliphatic heterocycles. The Morgan fingerprint density at radius 1 is 1.00 bits per heavy atom. The van der Waals surface area contributed by atoms with Crippen LogP contribution in [-0.2, 0) is 15.6 Å². The Kier molecular flexibility index (Phi) is 4.52. The van der Waals surface area contributed by atoms with E-state index in [1.807, 2.05) is 20.8 Å². The summed E-state index contributed by atoms with van der Waals surface area (Å²) in [6.45, 7) is 5.97. The number of nitro groups is 1. The molecule has 5 rings (SSSR count). The van der Waals surface area contributed by atoms with Crippen molar-refractivity contribution in [1.82, 2.24) is 20.8 Å². The van der Waals surface area contributed by atoms with E-state index in [9.17, 15) is 24.1 Å². The fraction of sp³-hybridized carbons (Fsp3) is 0.333. The van der Waals surface area contributed by atoms with E-state index in [-0.39, 0.29) is 11.3 Å². The van der Waals surface area contributed by atoms with Gasteiger partial charge in [0.05, 0.1) is 32.9 Å². The molecule has 0 saturated heterocycles. The van der Waals surface area contributed by atoms with Gasteiger partial charge in [-0.05, 0) is 36.5 Å². The number of hydrazine groups is 1. The first-order valence-corrected chi connectivity index (χ1v) is 10.9. The maximum atomic E-state index is 14.0. The zero-order chi connectivity index (χ0) is 24.5. The highest BCUT2D eigenvalue weighted by molar-refractivity contribution is 5.98. The predicted molar refractivity (Wildman–Crippen MR) is 120 cm³/mol. The fourth-order valence-electron chi connectivity index (χ4n) is 5.64. The number of fused-ring (bicyclic) bond motifs is 6. The van der Waals surface area contributed by atoms with Crippen LogP contribution in [-0.4, -0.2) is 26.7 Å². The van der Waals surface area contributed by atoms with Gasteiger partial charge in [0.2, 0.25) is 0 Å². The second kappa shape index (κ2) is 7.02. The van der Waals surface area contributed by atoms with E-state index in [2.05, 4.69) is 10.9 Å². The zero-order valence-corrected chi connectivity index (χ0v) is 18.8. The number of hydrogen-bond donors (Lipinski definition) is 2. The number of hydrogen-bond acceptors (Lipinski definition) is 6. The van der Waals surface area contributed by atoms with Crippen LogP contribution in [0.25, 0.3) is 11.0 Å². The summed E-state index contributed by atoms with van der Waals surface area (Å²) in [7, 11) is 0. The van der Waals surface area contributed by atoms with Gasteiger partial charge in [0.1, 0.15) is 11.2 Å². The summed E-state index contributed by atoms with van der Waals surface area (Å²) in [6, 6.07) is 9.76. The molecule has 2 aromatic carbocycles. The Hall–Kier alpha value is -3.95. The van der Waals surface area contributed by atoms with E-state index in [4.69, 9.17) is 9.97 Å². The lowest BCUT2D eigenvalue weighted by atomic mass is 9.63. The van der Waals surface area contributed by atoms with Crippen LogP contribution in [0.4, 0.5) is 10.1 Å². The van der Waals surface area contributed by atoms with Gasteiger partial charge in [-0.2, -0.15) is 0 Å². The Labute approximate surface area is 193 Å². The number of halogens is 1. The molecule has 3 aromatic rings. The van der Waals surface area contributed by atoms with E-state index < -0.39 is 38.8 Å². The van der Waals surface area contributed by atoms with Gasteiger partial charge in [-0.3, -0.25) is 30.6 Å². The number of non-ortho nitro benzene ring substituents is 1. The van der Waals surface area contributed by atoms with Crippen LogP contribution >= 0.6 is 0 Å². The number of nitrogens with one attached hydrogen (secondary N) is 2. The van der Waals surface area contributed by atoms with E-state index in [0.717, 1.165) is 6.07 Å². The van der Waals surface area contributed by atoms with Crippen LogP contribution in [0.5, 0.6) is 0 Å².